The van der Waals surface area contributed by atoms with Crippen molar-refractivity contribution < 1.29 is 9.53 Å². The zero-order valence-electron chi connectivity index (χ0n) is 12.8. The van der Waals surface area contributed by atoms with Crippen LogP contribution in [0.5, 0.6) is 5.75 Å². The van der Waals surface area contributed by atoms with Gasteiger partial charge in [-0.2, -0.15) is 10.1 Å². The van der Waals surface area contributed by atoms with Gasteiger partial charge in [-0.25, -0.2) is 4.79 Å². The molecule has 0 radical (unpaired) electrons. The first kappa shape index (κ1) is 15.0. The van der Waals surface area contributed by atoms with Gasteiger partial charge in [0.1, 0.15) is 5.75 Å². The van der Waals surface area contributed by atoms with Crippen molar-refractivity contribution in [2.45, 2.75) is 19.4 Å². The van der Waals surface area contributed by atoms with E-state index in [9.17, 15) is 4.79 Å². The van der Waals surface area contributed by atoms with E-state index in [4.69, 9.17) is 4.74 Å². The van der Waals surface area contributed by atoms with Crippen LogP contribution in [-0.2, 0) is 0 Å². The first-order valence-electron chi connectivity index (χ1n) is 7.42. The van der Waals surface area contributed by atoms with E-state index in [1.54, 1.807) is 35.3 Å². The van der Waals surface area contributed by atoms with Gasteiger partial charge >= 0.3 is 6.09 Å². The summed E-state index contributed by atoms with van der Waals surface area (Å²) in [6, 6.07) is 9.07. The normalized spacial score (nSPS) is 14.9. The fraction of sp³-hybridized carbons (Fsp3) is 0.167. The van der Waals surface area contributed by atoms with Crippen LogP contribution >= 0.6 is 0 Å². The Morgan fingerprint density at radius 2 is 1.96 bits per heavy atom. The van der Waals surface area contributed by atoms with Crippen LogP contribution < -0.4 is 10.1 Å². The molecular formula is C18H17N3O2. The van der Waals surface area contributed by atoms with E-state index in [0.29, 0.717) is 11.1 Å². The molecule has 0 aliphatic heterocycles. The lowest BCUT2D eigenvalue weighted by molar-refractivity contribution is 0.210. The molecule has 0 atom stereocenters. The van der Waals surface area contributed by atoms with Crippen LogP contribution in [0.4, 0.5) is 4.79 Å². The Bertz CT molecular complexity index is 784. The number of hydrogen-bond acceptors (Lipinski definition) is 3. The van der Waals surface area contributed by atoms with Crippen LogP contribution in [-0.4, -0.2) is 15.9 Å². The molecule has 5 nitrogen and oxygen atoms in total. The molecule has 0 N–H and O–H groups in total. The quantitative estimate of drug-likeness (QED) is 0.799. The van der Waals surface area contributed by atoms with Crippen LogP contribution in [0.3, 0.4) is 0 Å². The van der Waals surface area contributed by atoms with E-state index >= 15 is 0 Å². The fourth-order valence-corrected chi connectivity index (χ4v) is 2.19. The number of carbonyl (C=O) groups excluding carboxylic acids is 1. The first-order valence-corrected chi connectivity index (χ1v) is 7.42. The lowest BCUT2D eigenvalue weighted by Crippen LogP contribution is -2.16. The van der Waals surface area contributed by atoms with Gasteiger partial charge in [0.15, 0.2) is 0 Å². The van der Waals surface area contributed by atoms with Gasteiger partial charge in [-0.3, -0.25) is 4.68 Å². The van der Waals surface area contributed by atoms with Crippen LogP contribution in [0, 0.1) is 6.92 Å². The number of hydrogen-bond donors (Lipinski definition) is 0. The van der Waals surface area contributed by atoms with Crippen molar-refractivity contribution in [2.75, 3.05) is 0 Å². The zero-order chi connectivity index (χ0) is 16.1. The van der Waals surface area contributed by atoms with Gasteiger partial charge in [0.25, 0.3) is 0 Å². The highest BCUT2D eigenvalue weighted by Crippen LogP contribution is 2.13. The number of amides is 1. The first-order chi connectivity index (χ1) is 11.2. The van der Waals surface area contributed by atoms with Crippen LogP contribution in [0.2, 0.25) is 0 Å². The highest BCUT2D eigenvalue weighted by Gasteiger charge is 2.05. The zero-order valence-corrected chi connectivity index (χ0v) is 12.8. The Morgan fingerprint density at radius 1 is 1.22 bits per heavy atom. The third-order valence-corrected chi connectivity index (χ3v) is 3.41. The summed E-state index contributed by atoms with van der Waals surface area (Å²) in [7, 11) is 0. The van der Waals surface area contributed by atoms with Crippen LogP contribution in [0.15, 0.2) is 72.0 Å². The van der Waals surface area contributed by atoms with Gasteiger partial charge in [-0.15, -0.1) is 0 Å². The summed E-state index contributed by atoms with van der Waals surface area (Å²) in [5, 5.41) is 4.75. The number of ether oxygens (including phenoxy) is 1. The molecule has 0 saturated carbocycles. The van der Waals surface area contributed by atoms with Crippen molar-refractivity contribution in [3.8, 4) is 5.75 Å². The van der Waals surface area contributed by atoms with Crippen LogP contribution in [0.1, 0.15) is 18.0 Å². The number of benzene rings is 1. The molecule has 0 spiro atoms. The molecule has 116 valence electrons. The molecule has 1 amide bonds. The topological polar surface area (TPSA) is 56.5 Å². The summed E-state index contributed by atoms with van der Waals surface area (Å²) in [5.74, 6) is 0.473. The minimum atomic E-state index is -0.661. The standard InChI is InChI=1S/C18H17N3O2/c1-14-7-9-17(10-8-14)23-18(22)20-15-11-12-21(19-13-15)16-5-3-2-4-6-16/h3-13,16H,2H2,1H3. The van der Waals surface area contributed by atoms with Gasteiger partial charge in [-0.1, -0.05) is 42.0 Å². The third-order valence-electron chi connectivity index (χ3n) is 3.41. The molecule has 1 aromatic heterocycles. The fourth-order valence-electron chi connectivity index (χ4n) is 2.19. The Labute approximate surface area is 134 Å². The summed E-state index contributed by atoms with van der Waals surface area (Å²) in [4.78, 5) is 15.7. The number of aromatic nitrogens is 2. The van der Waals surface area contributed by atoms with Crippen molar-refractivity contribution in [2.24, 2.45) is 4.99 Å². The van der Waals surface area contributed by atoms with E-state index in [-0.39, 0.29) is 6.04 Å². The average Bonchev–Trinajstić information content (AvgIpc) is 2.58. The predicted octanol–water partition coefficient (Wildman–Crippen LogP) is 3.35. The largest absolute Gasteiger partial charge is 0.439 e. The summed E-state index contributed by atoms with van der Waals surface area (Å²) in [6.45, 7) is 1.97. The third kappa shape index (κ3) is 4.03. The molecule has 0 fully saturated rings. The Hall–Kier alpha value is -2.95. The maximum absolute atomic E-state index is 11.8. The molecule has 1 heterocycles. The van der Waals surface area contributed by atoms with E-state index in [1.165, 1.54) is 0 Å². The van der Waals surface area contributed by atoms with Crippen molar-refractivity contribution in [3.63, 3.8) is 0 Å². The molecule has 0 unspecified atom stereocenters. The average molecular weight is 307 g/mol. The SMILES string of the molecule is Cc1ccc(OC(=O)N=c2ccn(C3C=CCC=C3)nc2)cc1. The van der Waals surface area contributed by atoms with Crippen molar-refractivity contribution in [3.05, 3.63) is 78.0 Å². The van der Waals surface area contributed by atoms with Gasteiger partial charge in [-0.05, 0) is 31.5 Å². The highest BCUT2D eigenvalue weighted by molar-refractivity contribution is 5.71. The molecule has 5 heteroatoms. The Kier molecular flexibility index (Phi) is 4.47. The second kappa shape index (κ2) is 6.87. The maximum Gasteiger partial charge on any atom is 0.439 e. The van der Waals surface area contributed by atoms with Crippen LogP contribution in [0.25, 0.3) is 0 Å². The lowest BCUT2D eigenvalue weighted by Gasteiger charge is -2.13. The van der Waals surface area contributed by atoms with E-state index in [1.807, 2.05) is 19.1 Å². The Balaban J connectivity index is 1.70. The monoisotopic (exact) mass is 307 g/mol. The molecule has 23 heavy (non-hydrogen) atoms. The second-order valence-electron chi connectivity index (χ2n) is 5.24. The second-order valence-corrected chi connectivity index (χ2v) is 5.24. The summed E-state index contributed by atoms with van der Waals surface area (Å²) in [5.41, 5.74) is 1.10. The van der Waals surface area contributed by atoms with E-state index in [0.717, 1.165) is 12.0 Å². The number of aryl methyl sites for hydroxylation is 1. The maximum atomic E-state index is 11.8. The lowest BCUT2D eigenvalue weighted by atomic mass is 10.1. The predicted molar refractivity (Wildman–Crippen MR) is 86.9 cm³/mol. The summed E-state index contributed by atoms with van der Waals surface area (Å²) >= 11 is 0. The highest BCUT2D eigenvalue weighted by atomic mass is 16.5. The minimum absolute atomic E-state index is 0.109. The molecule has 1 aromatic carbocycles. The van der Waals surface area contributed by atoms with Crippen molar-refractivity contribution in [1.82, 2.24) is 9.78 Å². The molecule has 0 bridgehead atoms. The molecule has 1 aliphatic carbocycles. The molecular weight excluding hydrogens is 290 g/mol. The van der Waals surface area contributed by atoms with Crippen molar-refractivity contribution in [1.29, 1.82) is 0 Å². The number of nitrogens with zero attached hydrogens (tertiary/aromatic N) is 3. The molecule has 2 aromatic rings. The van der Waals surface area contributed by atoms with E-state index in [2.05, 4.69) is 34.4 Å². The molecule has 1 aliphatic rings. The van der Waals surface area contributed by atoms with Gasteiger partial charge in [0, 0.05) is 6.20 Å². The summed E-state index contributed by atoms with van der Waals surface area (Å²) < 4.78 is 6.96. The number of allylic oxidation sites excluding steroid dienone is 4. The number of rotatable bonds is 2. The molecule has 0 saturated heterocycles. The van der Waals surface area contributed by atoms with Crippen molar-refractivity contribution >= 4 is 6.09 Å². The molecule has 3 rings (SSSR count). The van der Waals surface area contributed by atoms with Gasteiger partial charge < -0.3 is 4.74 Å². The number of carbonyl (C=O) groups is 1. The minimum Gasteiger partial charge on any atom is -0.409 e. The summed E-state index contributed by atoms with van der Waals surface area (Å²) in [6.07, 6.45) is 12.0. The van der Waals surface area contributed by atoms with Gasteiger partial charge in [0.05, 0.1) is 17.6 Å². The van der Waals surface area contributed by atoms with Gasteiger partial charge in [0.2, 0.25) is 0 Å². The van der Waals surface area contributed by atoms with E-state index < -0.39 is 6.09 Å². The Morgan fingerprint density at radius 3 is 2.61 bits per heavy atom. The smallest absolute Gasteiger partial charge is 0.409 e.